The molecule has 1 saturated heterocycles. The summed E-state index contributed by atoms with van der Waals surface area (Å²) in [5, 5.41) is 9.74. The molecule has 0 aromatic carbocycles. The van der Waals surface area contributed by atoms with Crippen molar-refractivity contribution in [1.29, 1.82) is 0 Å². The van der Waals surface area contributed by atoms with Gasteiger partial charge in [0.1, 0.15) is 0 Å². The van der Waals surface area contributed by atoms with Crippen LogP contribution in [-0.2, 0) is 4.74 Å². The second-order valence-electron chi connectivity index (χ2n) is 4.77. The van der Waals surface area contributed by atoms with E-state index in [1.54, 1.807) is 0 Å². The molecule has 0 spiro atoms. The van der Waals surface area contributed by atoms with Crippen LogP contribution < -0.4 is 5.32 Å². The number of aromatic nitrogens is 2. The molecule has 0 saturated carbocycles. The number of nitrogens with zero attached hydrogens (tertiary/aromatic N) is 2. The first-order chi connectivity index (χ1) is 8.58. The molecule has 1 fully saturated rings. The highest BCUT2D eigenvalue weighted by Gasteiger charge is 2.20. The predicted molar refractivity (Wildman–Crippen MR) is 67.6 cm³/mol. The highest BCUT2D eigenvalue weighted by atomic mass is 16.5. The number of carbonyl (C=O) groups excluding carboxylic acids is 1. The Bertz CT molecular complexity index is 410. The van der Waals surface area contributed by atoms with Crippen LogP contribution in [0.25, 0.3) is 0 Å². The maximum absolute atomic E-state index is 12.0. The van der Waals surface area contributed by atoms with Gasteiger partial charge in [-0.1, -0.05) is 0 Å². The molecule has 2 N–H and O–H groups in total. The molecule has 2 heterocycles. The van der Waals surface area contributed by atoms with Gasteiger partial charge in [-0.05, 0) is 20.9 Å². The molecule has 100 valence electrons. The van der Waals surface area contributed by atoms with E-state index in [1.165, 1.54) is 0 Å². The average molecular weight is 252 g/mol. The number of aryl methyl sites for hydroxylation is 2. The SMILES string of the molecule is Cc1n[nH]c(C)c1C(=O)NCC1CN(C)CCO1. The molecule has 2 rings (SSSR count). The highest BCUT2D eigenvalue weighted by Crippen LogP contribution is 2.09. The standard InChI is InChI=1S/C12H20N4O2/c1-8-11(9(2)15-14-8)12(17)13-6-10-7-16(3)4-5-18-10/h10H,4-7H2,1-3H3,(H,13,17)(H,14,15). The Kier molecular flexibility index (Phi) is 3.98. The van der Waals surface area contributed by atoms with E-state index in [9.17, 15) is 4.79 Å². The van der Waals surface area contributed by atoms with Crippen molar-refractivity contribution in [2.75, 3.05) is 33.3 Å². The van der Waals surface area contributed by atoms with E-state index >= 15 is 0 Å². The van der Waals surface area contributed by atoms with E-state index in [1.807, 2.05) is 13.8 Å². The maximum Gasteiger partial charge on any atom is 0.255 e. The van der Waals surface area contributed by atoms with Crippen LogP contribution in [0.1, 0.15) is 21.7 Å². The van der Waals surface area contributed by atoms with Crippen molar-refractivity contribution in [3.63, 3.8) is 0 Å². The van der Waals surface area contributed by atoms with Crippen LogP contribution in [0, 0.1) is 13.8 Å². The Labute approximate surface area is 107 Å². The number of hydrogen-bond donors (Lipinski definition) is 2. The second-order valence-corrected chi connectivity index (χ2v) is 4.77. The number of morpholine rings is 1. The predicted octanol–water partition coefficient (Wildman–Crippen LogP) is 0.0869. The first-order valence-electron chi connectivity index (χ1n) is 6.18. The number of H-pyrrole nitrogens is 1. The van der Waals surface area contributed by atoms with Crippen molar-refractivity contribution < 1.29 is 9.53 Å². The molecule has 18 heavy (non-hydrogen) atoms. The fraction of sp³-hybridized carbons (Fsp3) is 0.667. The molecule has 6 heteroatoms. The Morgan fingerprint density at radius 1 is 1.61 bits per heavy atom. The molecule has 1 aliphatic rings. The number of carbonyl (C=O) groups is 1. The number of nitrogens with one attached hydrogen (secondary N) is 2. The van der Waals surface area contributed by atoms with E-state index in [2.05, 4.69) is 27.5 Å². The molecule has 6 nitrogen and oxygen atoms in total. The lowest BCUT2D eigenvalue weighted by Gasteiger charge is -2.30. The third-order valence-electron chi connectivity index (χ3n) is 3.19. The van der Waals surface area contributed by atoms with Gasteiger partial charge in [0.15, 0.2) is 0 Å². The average Bonchev–Trinajstić information content (AvgIpc) is 2.66. The van der Waals surface area contributed by atoms with Gasteiger partial charge in [-0.25, -0.2) is 0 Å². The monoisotopic (exact) mass is 252 g/mol. The van der Waals surface area contributed by atoms with Crippen LogP contribution in [0.4, 0.5) is 0 Å². The van der Waals surface area contributed by atoms with Gasteiger partial charge in [0, 0.05) is 25.3 Å². The topological polar surface area (TPSA) is 70.2 Å². The normalized spacial score (nSPS) is 20.9. The third-order valence-corrected chi connectivity index (χ3v) is 3.19. The van der Waals surface area contributed by atoms with Gasteiger partial charge in [-0.2, -0.15) is 5.10 Å². The zero-order chi connectivity index (χ0) is 13.1. The van der Waals surface area contributed by atoms with E-state index < -0.39 is 0 Å². The molecular formula is C12H20N4O2. The van der Waals surface area contributed by atoms with Crippen molar-refractivity contribution >= 4 is 5.91 Å². The largest absolute Gasteiger partial charge is 0.374 e. The molecular weight excluding hydrogens is 232 g/mol. The van der Waals surface area contributed by atoms with Crippen LogP contribution in [0.3, 0.4) is 0 Å². The van der Waals surface area contributed by atoms with Gasteiger partial charge >= 0.3 is 0 Å². The quantitative estimate of drug-likeness (QED) is 0.799. The molecule has 1 aromatic rings. The molecule has 0 bridgehead atoms. The number of ether oxygens (including phenoxy) is 1. The van der Waals surface area contributed by atoms with E-state index in [-0.39, 0.29) is 12.0 Å². The van der Waals surface area contributed by atoms with Gasteiger partial charge in [-0.3, -0.25) is 9.89 Å². The number of likely N-dealkylation sites (N-methyl/N-ethyl adjacent to an activating group) is 1. The van der Waals surface area contributed by atoms with Crippen LogP contribution in [0.2, 0.25) is 0 Å². The summed E-state index contributed by atoms with van der Waals surface area (Å²) in [5.41, 5.74) is 2.16. The summed E-state index contributed by atoms with van der Waals surface area (Å²) < 4.78 is 5.60. The fourth-order valence-corrected chi connectivity index (χ4v) is 2.17. The number of rotatable bonds is 3. The smallest absolute Gasteiger partial charge is 0.255 e. The summed E-state index contributed by atoms with van der Waals surface area (Å²) in [6.45, 7) is 6.73. The van der Waals surface area contributed by atoms with Crippen molar-refractivity contribution in [2.24, 2.45) is 0 Å². The Hall–Kier alpha value is -1.40. The van der Waals surface area contributed by atoms with Crippen molar-refractivity contribution in [1.82, 2.24) is 20.4 Å². The third kappa shape index (κ3) is 2.88. The molecule has 1 atom stereocenters. The van der Waals surface area contributed by atoms with Crippen LogP contribution in [-0.4, -0.2) is 60.4 Å². The molecule has 1 aromatic heterocycles. The molecule has 0 radical (unpaired) electrons. The second kappa shape index (κ2) is 5.49. The summed E-state index contributed by atoms with van der Waals surface area (Å²) in [6.07, 6.45) is 0.0696. The van der Waals surface area contributed by atoms with Gasteiger partial charge in [0.2, 0.25) is 0 Å². The Balaban J connectivity index is 1.88. The number of hydrogen-bond acceptors (Lipinski definition) is 4. The van der Waals surface area contributed by atoms with Gasteiger partial charge < -0.3 is 15.0 Å². The van der Waals surface area contributed by atoms with E-state index in [0.29, 0.717) is 12.1 Å². The summed E-state index contributed by atoms with van der Waals surface area (Å²) in [6, 6.07) is 0. The Morgan fingerprint density at radius 3 is 3.00 bits per heavy atom. The van der Waals surface area contributed by atoms with Gasteiger partial charge in [-0.15, -0.1) is 0 Å². The van der Waals surface area contributed by atoms with Crippen molar-refractivity contribution in [3.05, 3.63) is 17.0 Å². The van der Waals surface area contributed by atoms with Crippen LogP contribution >= 0.6 is 0 Å². The summed E-state index contributed by atoms with van der Waals surface area (Å²) >= 11 is 0. The zero-order valence-corrected chi connectivity index (χ0v) is 11.1. The first-order valence-corrected chi connectivity index (χ1v) is 6.18. The molecule has 1 unspecified atom stereocenters. The van der Waals surface area contributed by atoms with Crippen molar-refractivity contribution in [3.8, 4) is 0 Å². The minimum Gasteiger partial charge on any atom is -0.374 e. The van der Waals surface area contributed by atoms with Crippen molar-refractivity contribution in [2.45, 2.75) is 20.0 Å². The summed E-state index contributed by atoms with van der Waals surface area (Å²) in [4.78, 5) is 14.2. The minimum atomic E-state index is -0.0874. The van der Waals surface area contributed by atoms with E-state index in [0.717, 1.165) is 31.1 Å². The fourth-order valence-electron chi connectivity index (χ4n) is 2.17. The van der Waals surface area contributed by atoms with Crippen LogP contribution in [0.15, 0.2) is 0 Å². The molecule has 1 amide bonds. The van der Waals surface area contributed by atoms with Gasteiger partial charge in [0.05, 0.1) is 24.0 Å². The van der Waals surface area contributed by atoms with E-state index in [4.69, 9.17) is 4.74 Å². The lowest BCUT2D eigenvalue weighted by atomic mass is 10.2. The summed E-state index contributed by atoms with van der Waals surface area (Å²) in [5.74, 6) is -0.0874. The Morgan fingerprint density at radius 2 is 2.39 bits per heavy atom. The maximum atomic E-state index is 12.0. The highest BCUT2D eigenvalue weighted by molar-refractivity contribution is 5.96. The molecule has 0 aliphatic carbocycles. The molecule has 1 aliphatic heterocycles. The lowest BCUT2D eigenvalue weighted by Crippen LogP contribution is -2.46. The lowest BCUT2D eigenvalue weighted by molar-refractivity contribution is -0.0175. The first kappa shape index (κ1) is 13.0. The zero-order valence-electron chi connectivity index (χ0n) is 11.1. The minimum absolute atomic E-state index is 0.0696. The number of amides is 1. The summed E-state index contributed by atoms with van der Waals surface area (Å²) in [7, 11) is 2.06. The van der Waals surface area contributed by atoms with Crippen LogP contribution in [0.5, 0.6) is 0 Å². The van der Waals surface area contributed by atoms with Gasteiger partial charge in [0.25, 0.3) is 5.91 Å². The number of aromatic amines is 1.